The Morgan fingerprint density at radius 3 is 2.18 bits per heavy atom. The normalized spacial score (nSPS) is 13.1. The highest BCUT2D eigenvalue weighted by atomic mass is 31.1. The Labute approximate surface area is 67.3 Å². The van der Waals surface area contributed by atoms with Crippen LogP contribution in [0.5, 0.6) is 0 Å². The fraction of sp³-hybridized carbons (Fsp3) is 1.00. The van der Waals surface area contributed by atoms with Crippen LogP contribution in [0.15, 0.2) is 0 Å². The molecule has 4 heteroatoms. The molecular weight excluding hydrogens is 172 g/mol. The number of alkyl halides is 3. The summed E-state index contributed by atoms with van der Waals surface area (Å²) in [5, 5.41) is 0. The van der Waals surface area contributed by atoms with Gasteiger partial charge in [-0.05, 0) is 21.2 Å². The van der Waals surface area contributed by atoms with Crippen LogP contribution in [0.1, 0.15) is 32.6 Å². The average Bonchev–Trinajstić information content (AvgIpc) is 1.85. The molecule has 0 saturated carbocycles. The maximum absolute atomic E-state index is 11.6. The van der Waals surface area contributed by atoms with Crippen molar-refractivity contribution in [2.24, 2.45) is 0 Å². The second-order valence-electron chi connectivity index (χ2n) is 2.49. The van der Waals surface area contributed by atoms with Gasteiger partial charge in [0.1, 0.15) is 0 Å². The minimum atomic E-state index is -3.92. The van der Waals surface area contributed by atoms with Crippen LogP contribution in [-0.4, -0.2) is 12.1 Å². The minimum absolute atomic E-state index is 0.323. The van der Waals surface area contributed by atoms with Gasteiger partial charge >= 0.3 is 5.92 Å². The molecule has 0 saturated heterocycles. The quantitative estimate of drug-likeness (QED) is 0.453. The van der Waals surface area contributed by atoms with Crippen LogP contribution in [0.25, 0.3) is 0 Å². The number of unbranched alkanes of at least 4 members (excludes halogenated alkanes) is 3. The zero-order valence-electron chi connectivity index (χ0n) is 6.67. The van der Waals surface area contributed by atoms with Gasteiger partial charge in [-0.2, -0.15) is 13.2 Å². The molecule has 0 aliphatic rings. The molecule has 0 nitrogen and oxygen atoms in total. The van der Waals surface area contributed by atoms with E-state index in [1.807, 2.05) is 6.92 Å². The molecule has 0 fully saturated rings. The van der Waals surface area contributed by atoms with E-state index in [-0.39, 0.29) is 0 Å². The van der Waals surface area contributed by atoms with Crippen molar-refractivity contribution in [3.63, 3.8) is 0 Å². The van der Waals surface area contributed by atoms with E-state index in [1.54, 1.807) is 0 Å². The van der Waals surface area contributed by atoms with E-state index in [2.05, 4.69) is 0 Å². The van der Waals surface area contributed by atoms with Crippen molar-refractivity contribution < 1.29 is 13.2 Å². The summed E-state index contributed by atoms with van der Waals surface area (Å²) in [7, 11) is -0.847. The molecule has 0 radical (unpaired) electrons. The highest BCUT2D eigenvalue weighted by molar-refractivity contribution is 7.39. The van der Waals surface area contributed by atoms with Crippen LogP contribution in [0.4, 0.5) is 13.2 Å². The van der Waals surface area contributed by atoms with Gasteiger partial charge in [0, 0.05) is 0 Å². The Morgan fingerprint density at radius 2 is 1.73 bits per heavy atom. The number of hydrogen-bond acceptors (Lipinski definition) is 0. The molecule has 0 rings (SSSR count). The van der Waals surface area contributed by atoms with Gasteiger partial charge in [0.2, 0.25) is 0 Å². The lowest BCUT2D eigenvalue weighted by Gasteiger charge is -2.04. The predicted molar refractivity (Wildman–Crippen MR) is 43.4 cm³/mol. The first-order valence-corrected chi connectivity index (χ1v) is 5.08. The molecule has 1 unspecified atom stereocenters. The smallest absolute Gasteiger partial charge is 0.167 e. The van der Waals surface area contributed by atoms with E-state index in [4.69, 9.17) is 0 Å². The Hall–Kier alpha value is 0.220. The number of halogens is 3. The zero-order chi connectivity index (χ0) is 8.74. The van der Waals surface area contributed by atoms with Gasteiger partial charge < -0.3 is 0 Å². The molecule has 11 heavy (non-hydrogen) atoms. The second-order valence-corrected chi connectivity index (χ2v) is 3.91. The molecule has 1 atom stereocenters. The summed E-state index contributed by atoms with van der Waals surface area (Å²) in [5.41, 5.74) is 0. The summed E-state index contributed by atoms with van der Waals surface area (Å²) in [6.07, 6.45) is 4.13. The topological polar surface area (TPSA) is 0 Å². The third-order valence-electron chi connectivity index (χ3n) is 1.36. The van der Waals surface area contributed by atoms with Crippen LogP contribution in [0.2, 0.25) is 0 Å². The molecule has 0 aromatic heterocycles. The van der Waals surface area contributed by atoms with Crippen LogP contribution < -0.4 is 0 Å². The fourth-order valence-corrected chi connectivity index (χ4v) is 1.49. The standard InChI is InChI=1S/C7H14F3P/c1-2-3-4-5-6-11-7(8,9)10/h11H,2-6H2,1H3. The molecule has 0 heterocycles. The third-order valence-corrected chi connectivity index (χ3v) is 2.36. The van der Waals surface area contributed by atoms with E-state index >= 15 is 0 Å². The van der Waals surface area contributed by atoms with Crippen molar-refractivity contribution in [2.75, 3.05) is 6.16 Å². The van der Waals surface area contributed by atoms with Crippen molar-refractivity contribution in [1.82, 2.24) is 0 Å². The van der Waals surface area contributed by atoms with E-state index in [0.717, 1.165) is 25.7 Å². The number of hydrogen-bond donors (Lipinski definition) is 0. The van der Waals surface area contributed by atoms with Crippen molar-refractivity contribution in [1.29, 1.82) is 0 Å². The summed E-state index contributed by atoms with van der Waals surface area (Å²) in [5.74, 6) is -3.92. The maximum Gasteiger partial charge on any atom is 0.402 e. The van der Waals surface area contributed by atoms with Crippen molar-refractivity contribution in [2.45, 2.75) is 38.5 Å². The highest BCUT2D eigenvalue weighted by Gasteiger charge is 2.25. The number of rotatable bonds is 5. The zero-order valence-corrected chi connectivity index (χ0v) is 7.67. The molecule has 0 aliphatic carbocycles. The predicted octanol–water partition coefficient (Wildman–Crippen LogP) is 3.77. The molecule has 0 spiro atoms. The lowest BCUT2D eigenvalue weighted by Crippen LogP contribution is -1.98. The van der Waals surface area contributed by atoms with Gasteiger partial charge in [0.15, 0.2) is 0 Å². The highest BCUT2D eigenvalue weighted by Crippen LogP contribution is 2.36. The van der Waals surface area contributed by atoms with Gasteiger partial charge in [-0.1, -0.05) is 26.2 Å². The molecule has 0 aromatic carbocycles. The Morgan fingerprint density at radius 1 is 1.09 bits per heavy atom. The Bertz CT molecular complexity index is 90.2. The van der Waals surface area contributed by atoms with Crippen LogP contribution in [0, 0.1) is 0 Å². The van der Waals surface area contributed by atoms with E-state index < -0.39 is 14.5 Å². The lowest BCUT2D eigenvalue weighted by molar-refractivity contribution is -0.0370. The van der Waals surface area contributed by atoms with E-state index in [9.17, 15) is 13.2 Å². The minimum Gasteiger partial charge on any atom is -0.167 e. The van der Waals surface area contributed by atoms with Gasteiger partial charge in [0.05, 0.1) is 0 Å². The molecule has 0 aliphatic heterocycles. The van der Waals surface area contributed by atoms with Gasteiger partial charge in [0.25, 0.3) is 0 Å². The molecule has 0 N–H and O–H groups in total. The SMILES string of the molecule is CCCCCCPC(F)(F)F. The Balaban J connectivity index is 3.02. The Kier molecular flexibility index (Phi) is 5.93. The lowest BCUT2D eigenvalue weighted by atomic mass is 10.2. The first-order chi connectivity index (χ1) is 5.06. The summed E-state index contributed by atoms with van der Waals surface area (Å²) in [6.45, 7) is 2.05. The summed E-state index contributed by atoms with van der Waals surface area (Å²) >= 11 is 0. The molecule has 0 bridgehead atoms. The summed E-state index contributed by atoms with van der Waals surface area (Å²) < 4.78 is 34.7. The van der Waals surface area contributed by atoms with E-state index in [0.29, 0.717) is 6.16 Å². The molecule has 0 amide bonds. The average molecular weight is 186 g/mol. The monoisotopic (exact) mass is 186 g/mol. The second kappa shape index (κ2) is 5.82. The first-order valence-electron chi connectivity index (χ1n) is 3.88. The molecule has 68 valence electrons. The summed E-state index contributed by atoms with van der Waals surface area (Å²) in [4.78, 5) is 0. The van der Waals surface area contributed by atoms with Crippen molar-refractivity contribution in [3.8, 4) is 0 Å². The van der Waals surface area contributed by atoms with Gasteiger partial charge in [-0.3, -0.25) is 0 Å². The van der Waals surface area contributed by atoms with Crippen molar-refractivity contribution >= 4 is 8.58 Å². The fourth-order valence-electron chi connectivity index (χ4n) is 0.782. The third kappa shape index (κ3) is 10.2. The van der Waals surface area contributed by atoms with Crippen molar-refractivity contribution in [3.05, 3.63) is 0 Å². The van der Waals surface area contributed by atoms with E-state index in [1.165, 1.54) is 0 Å². The summed E-state index contributed by atoms with van der Waals surface area (Å²) in [6, 6.07) is 0. The van der Waals surface area contributed by atoms with Gasteiger partial charge in [-0.15, -0.1) is 0 Å². The maximum atomic E-state index is 11.6. The van der Waals surface area contributed by atoms with Crippen LogP contribution in [-0.2, 0) is 0 Å². The van der Waals surface area contributed by atoms with Crippen LogP contribution >= 0.6 is 8.58 Å². The van der Waals surface area contributed by atoms with Crippen LogP contribution in [0.3, 0.4) is 0 Å². The molecular formula is C7H14F3P. The molecule has 0 aromatic rings. The first kappa shape index (κ1) is 11.2. The van der Waals surface area contributed by atoms with Gasteiger partial charge in [-0.25, -0.2) is 0 Å². The largest absolute Gasteiger partial charge is 0.402 e.